The third-order valence-electron chi connectivity index (χ3n) is 4.05. The Labute approximate surface area is 120 Å². The van der Waals surface area contributed by atoms with Crippen LogP contribution in [-0.4, -0.2) is 13.7 Å². The molecule has 0 bridgehead atoms. The highest BCUT2D eigenvalue weighted by molar-refractivity contribution is 5.43. The molecule has 2 heteroatoms. The average molecular weight is 267 g/mol. The van der Waals surface area contributed by atoms with E-state index < -0.39 is 0 Å². The van der Waals surface area contributed by atoms with E-state index in [-0.39, 0.29) is 6.04 Å². The molecule has 0 fully saturated rings. The van der Waals surface area contributed by atoms with E-state index in [0.29, 0.717) is 5.92 Å². The maximum absolute atomic E-state index is 5.84. The van der Waals surface area contributed by atoms with Crippen molar-refractivity contribution in [2.45, 2.75) is 25.8 Å². The second-order valence-electron chi connectivity index (χ2n) is 5.64. The van der Waals surface area contributed by atoms with Crippen LogP contribution >= 0.6 is 0 Å². The lowest BCUT2D eigenvalue weighted by Crippen LogP contribution is -2.25. The summed E-state index contributed by atoms with van der Waals surface area (Å²) in [5, 5.41) is 3.48. The standard InChI is InChI=1S/C18H21NO/c1-12-8-13(2)10-14(9-12)18(19-3)16-11-20-17-7-5-4-6-15(16)17/h4-10,16,18-19H,11H2,1-3H3. The van der Waals surface area contributed by atoms with E-state index in [4.69, 9.17) is 4.74 Å². The van der Waals surface area contributed by atoms with Crippen LogP contribution in [0.4, 0.5) is 0 Å². The van der Waals surface area contributed by atoms with Crippen molar-refractivity contribution in [2.75, 3.05) is 13.7 Å². The molecule has 1 aliphatic rings. The number of fused-ring (bicyclic) bond motifs is 1. The van der Waals surface area contributed by atoms with Crippen LogP contribution in [0.3, 0.4) is 0 Å². The minimum absolute atomic E-state index is 0.289. The number of hydrogen-bond acceptors (Lipinski definition) is 2. The smallest absolute Gasteiger partial charge is 0.122 e. The fraction of sp³-hybridized carbons (Fsp3) is 0.333. The van der Waals surface area contributed by atoms with E-state index in [9.17, 15) is 0 Å². The highest BCUT2D eigenvalue weighted by Gasteiger charge is 2.31. The Morgan fingerprint density at radius 2 is 1.80 bits per heavy atom. The molecule has 2 atom stereocenters. The summed E-state index contributed by atoms with van der Waals surface area (Å²) < 4.78 is 5.84. The molecule has 2 aromatic rings. The largest absolute Gasteiger partial charge is 0.493 e. The third kappa shape index (κ3) is 2.32. The van der Waals surface area contributed by atoms with Gasteiger partial charge < -0.3 is 10.1 Å². The molecule has 0 radical (unpaired) electrons. The van der Waals surface area contributed by atoms with E-state index in [2.05, 4.69) is 55.6 Å². The fourth-order valence-electron chi connectivity index (χ4n) is 3.25. The molecule has 0 spiro atoms. The molecule has 0 aliphatic carbocycles. The number of para-hydroxylation sites is 1. The van der Waals surface area contributed by atoms with Gasteiger partial charge in [-0.05, 0) is 32.5 Å². The van der Waals surface area contributed by atoms with Gasteiger partial charge in [0.15, 0.2) is 0 Å². The van der Waals surface area contributed by atoms with Crippen LogP contribution in [0.1, 0.15) is 34.2 Å². The van der Waals surface area contributed by atoms with Gasteiger partial charge in [0.05, 0.1) is 6.61 Å². The Hall–Kier alpha value is -1.80. The van der Waals surface area contributed by atoms with E-state index >= 15 is 0 Å². The van der Waals surface area contributed by atoms with Gasteiger partial charge >= 0.3 is 0 Å². The Bertz CT molecular complexity index is 600. The number of ether oxygens (including phenoxy) is 1. The van der Waals surface area contributed by atoms with Crippen LogP contribution in [0.5, 0.6) is 5.75 Å². The van der Waals surface area contributed by atoms with Gasteiger partial charge in [-0.2, -0.15) is 0 Å². The monoisotopic (exact) mass is 267 g/mol. The second-order valence-corrected chi connectivity index (χ2v) is 5.64. The van der Waals surface area contributed by atoms with Crippen LogP contribution in [0.15, 0.2) is 42.5 Å². The number of likely N-dealkylation sites (N-methyl/N-ethyl adjacent to an activating group) is 1. The summed E-state index contributed by atoms with van der Waals surface area (Å²) in [6.45, 7) is 5.06. The van der Waals surface area contributed by atoms with Crippen molar-refractivity contribution in [1.82, 2.24) is 5.32 Å². The zero-order valence-corrected chi connectivity index (χ0v) is 12.3. The molecule has 0 saturated heterocycles. The topological polar surface area (TPSA) is 21.3 Å². The number of rotatable bonds is 3. The number of nitrogens with one attached hydrogen (secondary N) is 1. The second kappa shape index (κ2) is 5.29. The molecule has 2 nitrogen and oxygen atoms in total. The Morgan fingerprint density at radius 1 is 1.10 bits per heavy atom. The van der Waals surface area contributed by atoms with Crippen LogP contribution in [0.2, 0.25) is 0 Å². The van der Waals surface area contributed by atoms with Crippen molar-refractivity contribution in [2.24, 2.45) is 0 Å². The molecule has 0 aromatic heterocycles. The lowest BCUT2D eigenvalue weighted by Gasteiger charge is -2.23. The van der Waals surface area contributed by atoms with E-state index in [1.807, 2.05) is 13.1 Å². The maximum atomic E-state index is 5.84. The predicted molar refractivity (Wildman–Crippen MR) is 82.4 cm³/mol. The first-order valence-electron chi connectivity index (χ1n) is 7.16. The summed E-state index contributed by atoms with van der Waals surface area (Å²) in [7, 11) is 2.03. The minimum Gasteiger partial charge on any atom is -0.493 e. The molecule has 20 heavy (non-hydrogen) atoms. The number of benzene rings is 2. The molecule has 1 heterocycles. The molecule has 2 aromatic carbocycles. The third-order valence-corrected chi connectivity index (χ3v) is 4.05. The van der Waals surface area contributed by atoms with Gasteiger partial charge in [-0.25, -0.2) is 0 Å². The SMILES string of the molecule is CNC(c1cc(C)cc(C)c1)C1COc2ccccc21. The van der Waals surface area contributed by atoms with Crippen molar-refractivity contribution in [3.8, 4) is 5.75 Å². The summed E-state index contributed by atoms with van der Waals surface area (Å²) in [5.74, 6) is 1.40. The first-order valence-corrected chi connectivity index (χ1v) is 7.16. The van der Waals surface area contributed by atoms with Gasteiger partial charge in [-0.3, -0.25) is 0 Å². The molecular formula is C18H21NO. The van der Waals surface area contributed by atoms with Crippen molar-refractivity contribution in [1.29, 1.82) is 0 Å². The summed E-state index contributed by atoms with van der Waals surface area (Å²) in [5.41, 5.74) is 5.28. The first-order chi connectivity index (χ1) is 9.69. The fourth-order valence-corrected chi connectivity index (χ4v) is 3.25. The molecule has 2 unspecified atom stereocenters. The summed E-state index contributed by atoms with van der Waals surface area (Å²) >= 11 is 0. The predicted octanol–water partition coefficient (Wildman–Crippen LogP) is 3.74. The van der Waals surface area contributed by atoms with Crippen LogP contribution in [0, 0.1) is 13.8 Å². The van der Waals surface area contributed by atoms with Gasteiger partial charge in [0.2, 0.25) is 0 Å². The highest BCUT2D eigenvalue weighted by Crippen LogP contribution is 2.41. The Balaban J connectivity index is 1.99. The number of aryl methyl sites for hydroxylation is 2. The molecular weight excluding hydrogens is 246 g/mol. The molecule has 1 N–H and O–H groups in total. The minimum atomic E-state index is 0.289. The van der Waals surface area contributed by atoms with Crippen molar-refractivity contribution < 1.29 is 4.74 Å². The summed E-state index contributed by atoms with van der Waals surface area (Å²) in [4.78, 5) is 0. The van der Waals surface area contributed by atoms with Gasteiger partial charge in [0.25, 0.3) is 0 Å². The molecule has 1 aliphatic heterocycles. The quantitative estimate of drug-likeness (QED) is 0.914. The summed E-state index contributed by atoms with van der Waals surface area (Å²) in [6, 6.07) is 15.4. The van der Waals surface area contributed by atoms with Crippen molar-refractivity contribution in [3.63, 3.8) is 0 Å². The maximum Gasteiger partial charge on any atom is 0.122 e. The Morgan fingerprint density at radius 3 is 2.50 bits per heavy atom. The van der Waals surface area contributed by atoms with Gasteiger partial charge in [0, 0.05) is 17.5 Å². The molecule has 104 valence electrons. The van der Waals surface area contributed by atoms with Gasteiger partial charge in [0.1, 0.15) is 5.75 Å². The highest BCUT2D eigenvalue weighted by atomic mass is 16.5. The molecule has 0 saturated carbocycles. The average Bonchev–Trinajstić information content (AvgIpc) is 2.83. The Kier molecular flexibility index (Phi) is 3.49. The molecule has 3 rings (SSSR count). The van der Waals surface area contributed by atoms with Crippen molar-refractivity contribution in [3.05, 3.63) is 64.7 Å². The van der Waals surface area contributed by atoms with Crippen LogP contribution in [-0.2, 0) is 0 Å². The van der Waals surface area contributed by atoms with E-state index in [1.165, 1.54) is 22.3 Å². The lowest BCUT2D eigenvalue weighted by molar-refractivity contribution is 0.304. The normalized spacial score (nSPS) is 18.4. The van der Waals surface area contributed by atoms with Gasteiger partial charge in [-0.15, -0.1) is 0 Å². The van der Waals surface area contributed by atoms with Gasteiger partial charge in [-0.1, -0.05) is 47.5 Å². The zero-order chi connectivity index (χ0) is 14.1. The number of hydrogen-bond donors (Lipinski definition) is 1. The first kappa shape index (κ1) is 13.2. The summed E-state index contributed by atoms with van der Waals surface area (Å²) in [6.07, 6.45) is 0. The van der Waals surface area contributed by atoms with Crippen LogP contribution in [0.25, 0.3) is 0 Å². The molecule has 0 amide bonds. The van der Waals surface area contributed by atoms with Crippen LogP contribution < -0.4 is 10.1 Å². The van der Waals surface area contributed by atoms with E-state index in [0.717, 1.165) is 12.4 Å². The lowest BCUT2D eigenvalue weighted by atomic mass is 9.87. The van der Waals surface area contributed by atoms with Crippen molar-refractivity contribution >= 4 is 0 Å². The zero-order valence-electron chi connectivity index (χ0n) is 12.3. The van der Waals surface area contributed by atoms with E-state index in [1.54, 1.807) is 0 Å².